The van der Waals surface area contributed by atoms with Crippen molar-refractivity contribution in [3.63, 3.8) is 0 Å². The largest absolute Gasteiger partial charge is 0.399 e. The van der Waals surface area contributed by atoms with E-state index < -0.39 is 0 Å². The number of likely N-dealkylation sites (tertiary alicyclic amines) is 1. The number of rotatable bonds is 5. The van der Waals surface area contributed by atoms with Crippen LogP contribution >= 0.6 is 0 Å². The molecule has 2 fully saturated rings. The lowest BCUT2D eigenvalue weighted by Crippen LogP contribution is -2.43. The molecule has 0 radical (unpaired) electrons. The van der Waals surface area contributed by atoms with Crippen LogP contribution in [0.15, 0.2) is 35.6 Å². The van der Waals surface area contributed by atoms with Crippen LogP contribution < -0.4 is 0 Å². The lowest BCUT2D eigenvalue weighted by atomic mass is 9.79. The molecule has 4 rings (SSSR count). The Labute approximate surface area is 169 Å². The molecule has 1 saturated carbocycles. The maximum Gasteiger partial charge on any atom is 0.106 e. The van der Waals surface area contributed by atoms with E-state index in [2.05, 4.69) is 58.9 Å². The first-order valence-electron chi connectivity index (χ1n) is 11.1. The van der Waals surface area contributed by atoms with E-state index in [4.69, 9.17) is 4.84 Å². The molecule has 4 nitrogen and oxygen atoms in total. The summed E-state index contributed by atoms with van der Waals surface area (Å²) in [5.41, 5.74) is 2.46. The van der Waals surface area contributed by atoms with Gasteiger partial charge < -0.3 is 14.3 Å². The van der Waals surface area contributed by atoms with Crippen LogP contribution in [0.2, 0.25) is 0 Å². The Morgan fingerprint density at radius 2 is 1.71 bits per heavy atom. The molecule has 2 heterocycles. The van der Waals surface area contributed by atoms with E-state index in [1.807, 2.05) is 6.21 Å². The number of hydrogen-bond acceptors (Lipinski definition) is 3. The van der Waals surface area contributed by atoms with Gasteiger partial charge >= 0.3 is 0 Å². The molecule has 2 aliphatic rings. The first kappa shape index (κ1) is 19.5. The van der Waals surface area contributed by atoms with Crippen molar-refractivity contribution in [3.05, 3.63) is 36.0 Å². The third-order valence-electron chi connectivity index (χ3n) is 7.16. The van der Waals surface area contributed by atoms with Crippen molar-refractivity contribution in [3.8, 4) is 0 Å². The zero-order valence-corrected chi connectivity index (χ0v) is 17.7. The standard InChI is InChI=1S/C24H35N3O/c1-18(2)19-8-10-21(11-9-19)26-14-12-22(13-15-26)27-17-20(16-25-28-3)23-6-4-5-7-24(23)27/h4-7,16-19,21-22H,8-15H2,1-3H3. The summed E-state index contributed by atoms with van der Waals surface area (Å²) >= 11 is 0. The third-order valence-corrected chi connectivity index (χ3v) is 7.16. The summed E-state index contributed by atoms with van der Waals surface area (Å²) in [6, 6.07) is 10.1. The Morgan fingerprint density at radius 3 is 2.39 bits per heavy atom. The van der Waals surface area contributed by atoms with E-state index in [-0.39, 0.29) is 0 Å². The minimum absolute atomic E-state index is 0.581. The van der Waals surface area contributed by atoms with Gasteiger partial charge in [-0.1, -0.05) is 37.2 Å². The molecular weight excluding hydrogens is 346 g/mol. The summed E-state index contributed by atoms with van der Waals surface area (Å²) in [7, 11) is 1.60. The van der Waals surface area contributed by atoms with Crippen LogP contribution in [0.3, 0.4) is 0 Å². The van der Waals surface area contributed by atoms with Crippen molar-refractivity contribution in [2.45, 2.75) is 64.5 Å². The maximum absolute atomic E-state index is 4.91. The van der Waals surface area contributed by atoms with Gasteiger partial charge in [-0.15, -0.1) is 0 Å². The second-order valence-electron chi connectivity index (χ2n) is 9.01. The number of oxime groups is 1. The van der Waals surface area contributed by atoms with E-state index in [1.165, 1.54) is 62.5 Å². The average Bonchev–Trinajstić information content (AvgIpc) is 3.11. The fourth-order valence-electron chi connectivity index (χ4n) is 5.41. The molecule has 1 aliphatic heterocycles. The number of benzene rings is 1. The molecule has 1 saturated heterocycles. The molecule has 0 bridgehead atoms. The molecule has 4 heteroatoms. The minimum Gasteiger partial charge on any atom is -0.399 e. The Hall–Kier alpha value is -1.81. The highest BCUT2D eigenvalue weighted by Crippen LogP contribution is 2.35. The third kappa shape index (κ3) is 3.98. The number of fused-ring (bicyclic) bond motifs is 1. The second-order valence-corrected chi connectivity index (χ2v) is 9.01. The molecule has 0 unspecified atom stereocenters. The molecule has 0 amide bonds. The van der Waals surface area contributed by atoms with Gasteiger partial charge in [0.1, 0.15) is 7.11 Å². The molecule has 0 spiro atoms. The van der Waals surface area contributed by atoms with Crippen molar-refractivity contribution in [1.82, 2.24) is 9.47 Å². The van der Waals surface area contributed by atoms with Crippen LogP contribution in [0.5, 0.6) is 0 Å². The lowest BCUT2D eigenvalue weighted by molar-refractivity contribution is 0.0894. The normalized spacial score (nSPS) is 25.1. The zero-order chi connectivity index (χ0) is 19.5. The van der Waals surface area contributed by atoms with Crippen molar-refractivity contribution in [1.29, 1.82) is 0 Å². The van der Waals surface area contributed by atoms with Gasteiger partial charge in [-0.25, -0.2) is 0 Å². The summed E-state index contributed by atoms with van der Waals surface area (Å²) in [4.78, 5) is 7.69. The van der Waals surface area contributed by atoms with Gasteiger partial charge in [-0.05, 0) is 56.4 Å². The summed E-state index contributed by atoms with van der Waals surface area (Å²) in [6.45, 7) is 7.25. The molecule has 2 aromatic rings. The van der Waals surface area contributed by atoms with Crippen LogP contribution in [0, 0.1) is 11.8 Å². The van der Waals surface area contributed by atoms with E-state index >= 15 is 0 Å². The van der Waals surface area contributed by atoms with Crippen LogP contribution in [0.4, 0.5) is 0 Å². The lowest BCUT2D eigenvalue weighted by Gasteiger charge is -2.42. The van der Waals surface area contributed by atoms with Crippen molar-refractivity contribution in [2.75, 3.05) is 20.2 Å². The topological polar surface area (TPSA) is 29.8 Å². The molecule has 0 N–H and O–H groups in total. The van der Waals surface area contributed by atoms with Gasteiger partial charge in [0, 0.05) is 47.8 Å². The highest BCUT2D eigenvalue weighted by molar-refractivity contribution is 5.99. The fourth-order valence-corrected chi connectivity index (χ4v) is 5.41. The number of aromatic nitrogens is 1. The Bertz CT molecular complexity index is 793. The van der Waals surface area contributed by atoms with E-state index in [9.17, 15) is 0 Å². The van der Waals surface area contributed by atoms with E-state index in [1.54, 1.807) is 7.11 Å². The predicted molar refractivity (Wildman–Crippen MR) is 117 cm³/mol. The number of piperidine rings is 1. The zero-order valence-electron chi connectivity index (χ0n) is 17.7. The molecule has 1 aliphatic carbocycles. The van der Waals surface area contributed by atoms with Crippen LogP contribution in [0.1, 0.15) is 64.0 Å². The fraction of sp³-hybridized carbons (Fsp3) is 0.625. The Balaban J connectivity index is 1.42. The average molecular weight is 382 g/mol. The monoisotopic (exact) mass is 381 g/mol. The molecule has 1 aromatic heterocycles. The predicted octanol–water partition coefficient (Wildman–Crippen LogP) is 5.47. The van der Waals surface area contributed by atoms with E-state index in [0.29, 0.717) is 6.04 Å². The molecular formula is C24H35N3O. The van der Waals surface area contributed by atoms with Gasteiger partial charge in [0.25, 0.3) is 0 Å². The summed E-state index contributed by atoms with van der Waals surface area (Å²) in [6.07, 6.45) is 12.2. The van der Waals surface area contributed by atoms with Crippen LogP contribution in [-0.2, 0) is 4.84 Å². The first-order valence-corrected chi connectivity index (χ1v) is 11.1. The summed E-state index contributed by atoms with van der Waals surface area (Å²) < 4.78 is 2.49. The highest BCUT2D eigenvalue weighted by atomic mass is 16.6. The Kier molecular flexibility index (Phi) is 6.05. The van der Waals surface area contributed by atoms with Gasteiger partial charge in [0.05, 0.1) is 6.21 Å². The maximum atomic E-state index is 4.91. The smallest absolute Gasteiger partial charge is 0.106 e. The first-order chi connectivity index (χ1) is 13.7. The number of nitrogens with zero attached hydrogens (tertiary/aromatic N) is 3. The van der Waals surface area contributed by atoms with Gasteiger partial charge in [0.2, 0.25) is 0 Å². The quantitative estimate of drug-likeness (QED) is 0.507. The molecule has 28 heavy (non-hydrogen) atoms. The number of hydrogen-bond donors (Lipinski definition) is 0. The minimum atomic E-state index is 0.581. The van der Waals surface area contributed by atoms with Crippen molar-refractivity contribution in [2.24, 2.45) is 17.0 Å². The SMILES string of the molecule is CON=Cc1cn(C2CCN(C3CCC(C(C)C)CC3)CC2)c2ccccc12. The molecule has 1 aromatic carbocycles. The number of para-hydroxylation sites is 1. The van der Waals surface area contributed by atoms with Gasteiger partial charge in [-0.3, -0.25) is 0 Å². The highest BCUT2D eigenvalue weighted by Gasteiger charge is 2.30. The summed E-state index contributed by atoms with van der Waals surface area (Å²) in [5, 5.41) is 5.26. The van der Waals surface area contributed by atoms with Crippen molar-refractivity contribution < 1.29 is 4.84 Å². The van der Waals surface area contributed by atoms with Gasteiger partial charge in [0.15, 0.2) is 0 Å². The molecule has 152 valence electrons. The van der Waals surface area contributed by atoms with Gasteiger partial charge in [-0.2, -0.15) is 0 Å². The summed E-state index contributed by atoms with van der Waals surface area (Å²) in [5.74, 6) is 1.80. The Morgan fingerprint density at radius 1 is 1.00 bits per heavy atom. The second kappa shape index (κ2) is 8.69. The molecule has 0 atom stereocenters. The van der Waals surface area contributed by atoms with Crippen LogP contribution in [0.25, 0.3) is 10.9 Å². The van der Waals surface area contributed by atoms with Crippen molar-refractivity contribution >= 4 is 17.1 Å². The van der Waals surface area contributed by atoms with E-state index in [0.717, 1.165) is 23.4 Å². The van der Waals surface area contributed by atoms with Crippen LogP contribution in [-0.4, -0.2) is 41.9 Å².